The van der Waals surface area contributed by atoms with Gasteiger partial charge in [0.25, 0.3) is 0 Å². The predicted octanol–water partition coefficient (Wildman–Crippen LogP) is 3.58. The Morgan fingerprint density at radius 3 is 1.38 bits per heavy atom. The molecule has 1 aromatic heterocycles. The van der Waals surface area contributed by atoms with Gasteiger partial charge in [-0.2, -0.15) is 0 Å². The van der Waals surface area contributed by atoms with Crippen LogP contribution < -0.4 is 0 Å². The van der Waals surface area contributed by atoms with Gasteiger partial charge in [-0.25, -0.2) is 9.59 Å². The molecule has 0 aliphatic heterocycles. The number of nitrogens with zero attached hydrogens (tertiary/aromatic N) is 1. The Morgan fingerprint density at radius 1 is 0.650 bits per heavy atom. The second kappa shape index (κ2) is 10.7. The van der Waals surface area contributed by atoms with Crippen LogP contribution in [-0.4, -0.2) is 66.5 Å². The van der Waals surface area contributed by atoms with Crippen LogP contribution in [0.25, 0.3) is 22.3 Å². The maximum atomic E-state index is 13.3. The van der Waals surface area contributed by atoms with Crippen LogP contribution in [0.3, 0.4) is 0 Å². The molecule has 0 saturated carbocycles. The molecule has 3 aromatic carbocycles. The molecular weight excluding hydrogens is 526 g/mol. The number of methoxy groups -OCH3 is 2. The Hall–Kier alpha value is -5.52. The van der Waals surface area contributed by atoms with Gasteiger partial charge < -0.3 is 49.8 Å². The smallest absolute Gasteiger partial charge is 0.355 e. The van der Waals surface area contributed by atoms with Crippen molar-refractivity contribution in [3.05, 3.63) is 65.5 Å². The van der Waals surface area contributed by atoms with Gasteiger partial charge in [0.05, 0.1) is 14.2 Å². The van der Waals surface area contributed by atoms with Crippen molar-refractivity contribution in [3.8, 4) is 62.5 Å². The molecule has 0 unspecified atom stereocenters. The highest BCUT2D eigenvalue weighted by molar-refractivity contribution is 6.09. The summed E-state index contributed by atoms with van der Waals surface area (Å²) in [5.74, 6) is -6.47. The van der Waals surface area contributed by atoms with Crippen molar-refractivity contribution >= 4 is 11.9 Å². The summed E-state index contributed by atoms with van der Waals surface area (Å²) in [5, 5.41) is 70.5. The Labute approximate surface area is 226 Å². The molecule has 0 fully saturated rings. The third kappa shape index (κ3) is 4.85. The number of phenols is 7. The van der Waals surface area contributed by atoms with Gasteiger partial charge in [-0.05, 0) is 59.5 Å². The van der Waals surface area contributed by atoms with E-state index in [4.69, 9.17) is 9.47 Å². The molecule has 0 saturated heterocycles. The molecule has 0 spiro atoms. The molecule has 1 heterocycles. The minimum absolute atomic E-state index is 0.0290. The molecule has 12 nitrogen and oxygen atoms in total. The predicted molar refractivity (Wildman–Crippen MR) is 140 cm³/mol. The Bertz CT molecular complexity index is 1480. The second-order valence-corrected chi connectivity index (χ2v) is 8.72. The molecule has 7 N–H and O–H groups in total. The van der Waals surface area contributed by atoms with E-state index in [0.717, 1.165) is 44.0 Å². The van der Waals surface area contributed by atoms with Crippen molar-refractivity contribution < 1.29 is 54.8 Å². The average Bonchev–Trinajstić information content (AvgIpc) is 3.28. The van der Waals surface area contributed by atoms with Crippen LogP contribution in [0.5, 0.6) is 40.2 Å². The van der Waals surface area contributed by atoms with Crippen molar-refractivity contribution in [2.24, 2.45) is 0 Å². The summed E-state index contributed by atoms with van der Waals surface area (Å²) in [7, 11) is 2.20. The van der Waals surface area contributed by atoms with E-state index in [1.807, 2.05) is 0 Å². The zero-order valence-corrected chi connectivity index (χ0v) is 21.2. The van der Waals surface area contributed by atoms with Gasteiger partial charge in [-0.3, -0.25) is 0 Å². The number of ether oxygens (including phenoxy) is 2. The van der Waals surface area contributed by atoms with E-state index >= 15 is 0 Å². The van der Waals surface area contributed by atoms with Crippen molar-refractivity contribution in [1.82, 2.24) is 4.57 Å². The first-order valence-corrected chi connectivity index (χ1v) is 11.7. The first kappa shape index (κ1) is 27.5. The van der Waals surface area contributed by atoms with Crippen molar-refractivity contribution in [3.63, 3.8) is 0 Å². The highest BCUT2D eigenvalue weighted by atomic mass is 16.5. The third-order valence-corrected chi connectivity index (χ3v) is 6.30. The number of benzene rings is 3. The maximum Gasteiger partial charge on any atom is 0.355 e. The summed E-state index contributed by atoms with van der Waals surface area (Å²) in [4.78, 5) is 26.6. The van der Waals surface area contributed by atoms with E-state index in [1.165, 1.54) is 16.7 Å². The number of aryl methyl sites for hydroxylation is 1. The fraction of sp³-hybridized carbons (Fsp3) is 0.143. The van der Waals surface area contributed by atoms with Gasteiger partial charge in [-0.15, -0.1) is 0 Å². The lowest BCUT2D eigenvalue weighted by molar-refractivity contribution is 0.0578. The Kier molecular flexibility index (Phi) is 7.35. The number of hydrogen-bond acceptors (Lipinski definition) is 11. The average molecular weight is 552 g/mol. The monoisotopic (exact) mass is 551 g/mol. The summed E-state index contributed by atoms with van der Waals surface area (Å²) in [6.45, 7) is -0.0290. The molecule has 4 rings (SSSR count). The van der Waals surface area contributed by atoms with Crippen molar-refractivity contribution in [2.75, 3.05) is 14.2 Å². The number of rotatable bonds is 7. The molecule has 12 heteroatoms. The van der Waals surface area contributed by atoms with Gasteiger partial charge in [0.1, 0.15) is 17.1 Å². The van der Waals surface area contributed by atoms with Crippen LogP contribution in [0, 0.1) is 0 Å². The van der Waals surface area contributed by atoms with Gasteiger partial charge >= 0.3 is 11.9 Å². The number of esters is 2. The summed E-state index contributed by atoms with van der Waals surface area (Å²) >= 11 is 0. The zero-order chi connectivity index (χ0) is 29.3. The van der Waals surface area contributed by atoms with E-state index in [-0.39, 0.29) is 52.4 Å². The van der Waals surface area contributed by atoms with E-state index < -0.39 is 46.4 Å². The van der Waals surface area contributed by atoms with E-state index in [2.05, 4.69) is 0 Å². The molecule has 4 aromatic rings. The van der Waals surface area contributed by atoms with Gasteiger partial charge in [-0.1, -0.05) is 12.1 Å². The largest absolute Gasteiger partial charge is 0.508 e. The minimum atomic E-state index is -0.934. The summed E-state index contributed by atoms with van der Waals surface area (Å²) < 4.78 is 11.3. The number of phenolic OH excluding ortho intramolecular Hbond substituents is 7. The fourth-order valence-electron chi connectivity index (χ4n) is 4.42. The summed E-state index contributed by atoms with van der Waals surface area (Å²) in [6.07, 6.45) is 0.236. The Morgan fingerprint density at radius 2 is 1.02 bits per heavy atom. The van der Waals surface area contributed by atoms with Crippen LogP contribution in [-0.2, 0) is 22.4 Å². The number of carbonyl (C=O) groups is 2. The molecule has 0 aliphatic rings. The maximum absolute atomic E-state index is 13.3. The number of hydrogen-bond donors (Lipinski definition) is 7. The Balaban J connectivity index is 2.14. The molecule has 40 heavy (non-hydrogen) atoms. The summed E-state index contributed by atoms with van der Waals surface area (Å²) in [5.41, 5.74) is -0.0174. The molecule has 0 atom stereocenters. The minimum Gasteiger partial charge on any atom is -0.508 e. The highest BCUT2D eigenvalue weighted by Crippen LogP contribution is 2.48. The molecule has 0 bridgehead atoms. The van der Waals surface area contributed by atoms with E-state index in [9.17, 15) is 45.3 Å². The zero-order valence-electron chi connectivity index (χ0n) is 21.2. The lowest BCUT2D eigenvalue weighted by Gasteiger charge is -2.13. The molecule has 0 amide bonds. The first-order chi connectivity index (χ1) is 19.0. The standard InChI is InChI=1S/C28H25NO11/c1-39-27(37)23-21(14-9-17(31)25(35)18(32)10-14)22(15-11-19(33)26(36)20(34)12-15)24(28(38)40-2)29(23)8-7-13-3-5-16(30)6-4-13/h3-6,9-12,30-36H,7-8H2,1-2H3. The van der Waals surface area contributed by atoms with E-state index in [0.29, 0.717) is 0 Å². The fourth-order valence-corrected chi connectivity index (χ4v) is 4.42. The van der Waals surface area contributed by atoms with Gasteiger partial charge in [0, 0.05) is 17.7 Å². The molecule has 208 valence electrons. The number of carbonyl (C=O) groups excluding carboxylic acids is 2. The van der Waals surface area contributed by atoms with Crippen molar-refractivity contribution in [2.45, 2.75) is 13.0 Å². The topological polar surface area (TPSA) is 199 Å². The normalized spacial score (nSPS) is 10.8. The quantitative estimate of drug-likeness (QED) is 0.131. The molecule has 0 radical (unpaired) electrons. The SMILES string of the molecule is COC(=O)c1c(-c2cc(O)c(O)c(O)c2)c(-c2cc(O)c(O)c(O)c2)c(C(=O)OC)n1CCc1ccc(O)cc1. The van der Waals surface area contributed by atoms with Crippen LogP contribution in [0.2, 0.25) is 0 Å². The molecular formula is C28H25NO11. The summed E-state index contributed by atoms with van der Waals surface area (Å²) in [6, 6.07) is 10.3. The van der Waals surface area contributed by atoms with Crippen LogP contribution in [0.1, 0.15) is 26.5 Å². The highest BCUT2D eigenvalue weighted by Gasteiger charge is 2.34. The van der Waals surface area contributed by atoms with Crippen LogP contribution >= 0.6 is 0 Å². The van der Waals surface area contributed by atoms with Gasteiger partial charge in [0.2, 0.25) is 0 Å². The van der Waals surface area contributed by atoms with Crippen LogP contribution in [0.15, 0.2) is 48.5 Å². The molecule has 0 aliphatic carbocycles. The lowest BCUT2D eigenvalue weighted by Crippen LogP contribution is -2.18. The van der Waals surface area contributed by atoms with Crippen molar-refractivity contribution in [1.29, 1.82) is 0 Å². The number of aromatic nitrogens is 1. The lowest BCUT2D eigenvalue weighted by atomic mass is 9.93. The van der Waals surface area contributed by atoms with E-state index in [1.54, 1.807) is 12.1 Å². The number of aromatic hydroxyl groups is 7. The second-order valence-electron chi connectivity index (χ2n) is 8.72. The van der Waals surface area contributed by atoms with Crippen LogP contribution in [0.4, 0.5) is 0 Å². The third-order valence-electron chi connectivity index (χ3n) is 6.30. The first-order valence-electron chi connectivity index (χ1n) is 11.7. The van der Waals surface area contributed by atoms with Gasteiger partial charge in [0.15, 0.2) is 34.5 Å².